The molecule has 0 aliphatic carbocycles. The fraction of sp³-hybridized carbons (Fsp3) is 0.0625. The molecule has 13 rings (SSSR count). The number of nitrogens with zero attached hydrogens (tertiary/aromatic N) is 5. The Balaban J connectivity index is 1.11. The molecule has 71 heavy (non-hydrogen) atoms. The molecule has 344 valence electrons. The van der Waals surface area contributed by atoms with Gasteiger partial charge in [0.1, 0.15) is 0 Å². The van der Waals surface area contributed by atoms with E-state index in [2.05, 4.69) is 43.5 Å². The fourth-order valence-corrected chi connectivity index (χ4v) is 10.4. The van der Waals surface area contributed by atoms with Crippen molar-refractivity contribution < 1.29 is 48.8 Å². The number of fused-ring (bicyclic) bond motifs is 7. The molecule has 0 fully saturated rings. The molecule has 0 bridgehead atoms. The number of ether oxygens (including phenoxy) is 1. The van der Waals surface area contributed by atoms with E-state index in [9.17, 15) is 11.0 Å². The van der Waals surface area contributed by atoms with Gasteiger partial charge in [0.15, 0.2) is 0 Å². The van der Waals surface area contributed by atoms with Crippen molar-refractivity contribution in [2.24, 2.45) is 0 Å². The van der Waals surface area contributed by atoms with Crippen molar-refractivity contribution >= 4 is 54.6 Å². The minimum atomic E-state index is -0.764. The van der Waals surface area contributed by atoms with Crippen molar-refractivity contribution in [2.75, 3.05) is 0 Å². The van der Waals surface area contributed by atoms with Gasteiger partial charge in [0, 0.05) is 6.20 Å². The summed E-state index contributed by atoms with van der Waals surface area (Å²) in [5.41, 5.74) is 1.50. The van der Waals surface area contributed by atoms with Gasteiger partial charge in [-0.3, -0.25) is 0 Å². The van der Waals surface area contributed by atoms with Crippen molar-refractivity contribution in [3.63, 3.8) is 0 Å². The first-order valence-electron chi connectivity index (χ1n) is 31.4. The van der Waals surface area contributed by atoms with Crippen LogP contribution in [0.25, 0.3) is 99.8 Å². The van der Waals surface area contributed by atoms with Gasteiger partial charge in [-0.25, -0.2) is 0 Å². The Morgan fingerprint density at radius 1 is 0.507 bits per heavy atom. The number of hydrogen-bond acceptors (Lipinski definition) is 2. The molecule has 7 heteroatoms. The van der Waals surface area contributed by atoms with Crippen LogP contribution >= 0.6 is 0 Å². The second-order valence-corrected chi connectivity index (χ2v) is 18.7. The fourth-order valence-electron chi connectivity index (χ4n) is 9.30. The summed E-state index contributed by atoms with van der Waals surface area (Å²) in [5.74, 6) is 1.32. The second-order valence-electron chi connectivity index (χ2n) is 17.7. The average Bonchev–Trinajstić information content (AvgIpc) is 1.61. The third-order valence-electron chi connectivity index (χ3n) is 12.5. The molecular weight excluding hydrogens is 1050 g/mol. The number of aromatic nitrogens is 5. The Bertz CT molecular complexity index is 5150. The summed E-state index contributed by atoms with van der Waals surface area (Å²) in [4.78, 5) is 4.81. The summed E-state index contributed by atoms with van der Waals surface area (Å²) >= 11 is 2.04. The molecule has 4 aromatic heterocycles. The van der Waals surface area contributed by atoms with Crippen molar-refractivity contribution in [2.45, 2.75) is 26.2 Å². The third kappa shape index (κ3) is 7.20. The minimum absolute atomic E-state index is 0.0939. The quantitative estimate of drug-likeness (QED) is 0.142. The maximum atomic E-state index is 9.57. The number of hydrogen-bond donors (Lipinski definition) is 0. The normalized spacial score (nSPS) is 15.5. The average molecular weight is 1110 g/mol. The molecule has 0 aliphatic heterocycles. The van der Waals surface area contributed by atoms with Crippen molar-refractivity contribution in [1.82, 2.24) is 23.3 Å². The number of benzene rings is 9. The monoisotopic (exact) mass is 1110 g/mol. The van der Waals surface area contributed by atoms with Crippen LogP contribution in [0.15, 0.2) is 218 Å². The zero-order chi connectivity index (χ0) is 63.5. The van der Waals surface area contributed by atoms with E-state index in [1.807, 2.05) is 61.8 Å². The van der Waals surface area contributed by atoms with Gasteiger partial charge < -0.3 is 0 Å². The summed E-state index contributed by atoms with van der Waals surface area (Å²) in [5, 5.41) is 1.31. The first kappa shape index (κ1) is 27.8. The van der Waals surface area contributed by atoms with Crippen LogP contribution in [-0.2, 0) is 24.8 Å². The van der Waals surface area contributed by atoms with Crippen LogP contribution in [0.1, 0.15) is 51.0 Å². The van der Waals surface area contributed by atoms with Crippen molar-refractivity contribution in [3.8, 4) is 56.6 Å². The molecule has 0 saturated carbocycles. The Labute approximate surface area is 447 Å². The van der Waals surface area contributed by atoms with Gasteiger partial charge >= 0.3 is 393 Å². The molecule has 0 amide bonds. The van der Waals surface area contributed by atoms with Crippen LogP contribution in [0, 0.1) is 15.9 Å². The van der Waals surface area contributed by atoms with Crippen molar-refractivity contribution in [3.05, 3.63) is 240 Å². The van der Waals surface area contributed by atoms with Gasteiger partial charge in [-0.15, -0.1) is 0 Å². The SMILES string of the molecule is [2H]c1c([2H])c([2H])c(-c2cc(-n3c4c([2H])c([2H])c([2H])c([2H])c4c4c([2H])c([2H])c([2H])c([2H])c43)cc(-c3c([2H])c([2H])c([2H])c([2H])c3[2H])c2-n2[c](=[Pt])n(-c3[c-]c(Oc4[c-]c5c(cc4)c4ccccc4n5-c4cc(C(C)(C)C)ccn4)ccc3)c3ccccc32)c([2H])c1[2H]. The Morgan fingerprint density at radius 3 is 1.76 bits per heavy atom. The Morgan fingerprint density at radius 2 is 1.10 bits per heavy atom. The van der Waals surface area contributed by atoms with Crippen LogP contribution in [0.5, 0.6) is 11.5 Å². The summed E-state index contributed by atoms with van der Waals surface area (Å²) in [7, 11) is 0. The first-order valence-corrected chi connectivity index (χ1v) is 23.5. The Kier molecular flexibility index (Phi) is 6.64. The Hall–Kier alpha value is -8.31. The molecule has 4 heterocycles. The standard InChI is InChI=1S/C64H45N5O.Pt/c1-64(2,3)45-35-36-65-62(37-45)69-58-30-15-12-27-52(58)53-34-33-49(41-61(53)69)70-48-24-18-23-46(38-48)66-42-67(60-32-17-16-31-59(60)66)63-54(43-19-6-4-7-20-43)39-47(40-55(63)44-21-8-5-9-22-44)68-56-28-13-10-25-50(56)51-26-11-14-29-57(51)68;/h4-37,39-40H,1-3H3;/q-2;/i4D,5D,6D,7D,8D,9D,10D,11D,13D,14D,19D,20D,21D,22D,25D,26D,28D,29D;. The van der Waals surface area contributed by atoms with E-state index in [-0.39, 0.29) is 55.5 Å². The molecule has 0 N–H and O–H groups in total. The molecule has 0 atom stereocenters. The molecule has 0 spiro atoms. The van der Waals surface area contributed by atoms with E-state index in [4.69, 9.17) is 23.4 Å². The van der Waals surface area contributed by atoms with Crippen LogP contribution in [0.3, 0.4) is 0 Å². The number of imidazole rings is 1. The van der Waals surface area contributed by atoms with Gasteiger partial charge in [0.2, 0.25) is 0 Å². The van der Waals surface area contributed by atoms with E-state index in [0.717, 1.165) is 26.4 Å². The van der Waals surface area contributed by atoms with Crippen LogP contribution in [0.2, 0.25) is 0 Å². The maximum absolute atomic E-state index is 9.57. The second kappa shape index (κ2) is 17.0. The van der Waals surface area contributed by atoms with E-state index in [0.29, 0.717) is 37.6 Å². The predicted octanol–water partition coefficient (Wildman–Crippen LogP) is 16.1. The molecule has 6 nitrogen and oxygen atoms in total. The van der Waals surface area contributed by atoms with Gasteiger partial charge in [-0.05, 0) is 17.0 Å². The summed E-state index contributed by atoms with van der Waals surface area (Å²) in [6.45, 7) is 6.42. The molecular formula is C64H45N5OPt-2. The van der Waals surface area contributed by atoms with E-state index >= 15 is 0 Å². The van der Waals surface area contributed by atoms with Crippen LogP contribution < -0.4 is 4.74 Å². The molecule has 9 aromatic carbocycles. The summed E-state index contributed by atoms with van der Waals surface area (Å²) in [6.07, 6.45) is 1.80. The van der Waals surface area contributed by atoms with Crippen molar-refractivity contribution in [1.29, 1.82) is 0 Å². The summed E-state index contributed by atoms with van der Waals surface area (Å²) in [6, 6.07) is 24.7. The van der Waals surface area contributed by atoms with Gasteiger partial charge in [0.25, 0.3) is 0 Å². The van der Waals surface area contributed by atoms with Gasteiger partial charge in [-0.1, -0.05) is 32.9 Å². The predicted molar refractivity (Wildman–Crippen MR) is 286 cm³/mol. The summed E-state index contributed by atoms with van der Waals surface area (Å²) < 4.78 is 178. The zero-order valence-corrected chi connectivity index (χ0v) is 40.1. The molecule has 0 saturated heterocycles. The first-order chi connectivity index (χ1) is 42.2. The van der Waals surface area contributed by atoms with Crippen LogP contribution in [0.4, 0.5) is 0 Å². The number of rotatable bonds is 8. The molecule has 0 aliphatic rings. The molecule has 0 radical (unpaired) electrons. The topological polar surface area (TPSA) is 41.8 Å². The number of pyridine rings is 1. The third-order valence-corrected chi connectivity index (χ3v) is 13.5. The van der Waals surface area contributed by atoms with E-state index in [1.54, 1.807) is 57.8 Å². The van der Waals surface area contributed by atoms with Gasteiger partial charge in [0.05, 0.1) is 0 Å². The zero-order valence-electron chi connectivity index (χ0n) is 55.9. The van der Waals surface area contributed by atoms with E-state index < -0.39 is 120 Å². The van der Waals surface area contributed by atoms with E-state index in [1.165, 1.54) is 12.1 Å². The molecule has 0 unspecified atom stereocenters. The van der Waals surface area contributed by atoms with Gasteiger partial charge in [-0.2, -0.15) is 0 Å². The molecule has 13 aromatic rings. The number of para-hydroxylation sites is 5. The van der Waals surface area contributed by atoms with Crippen LogP contribution in [-0.4, -0.2) is 23.3 Å².